The van der Waals surface area contributed by atoms with Crippen LogP contribution in [0.3, 0.4) is 0 Å². The summed E-state index contributed by atoms with van der Waals surface area (Å²) in [7, 11) is 1.92. The predicted octanol–water partition coefficient (Wildman–Crippen LogP) is 1.85. The van der Waals surface area contributed by atoms with Gasteiger partial charge in [-0.15, -0.1) is 0 Å². The minimum atomic E-state index is 0.448. The Bertz CT molecular complexity index is 322. The molecule has 0 bridgehead atoms. The average Bonchev–Trinajstić information content (AvgIpc) is 2.30. The normalized spacial score (nSPS) is 10.4. The number of rotatable bonds is 3. The van der Waals surface area contributed by atoms with E-state index in [1.165, 1.54) is 0 Å². The van der Waals surface area contributed by atoms with Gasteiger partial charge in [-0.2, -0.15) is 5.26 Å². The zero-order valence-corrected chi connectivity index (χ0v) is 8.29. The first-order valence-corrected chi connectivity index (χ1v) is 4.25. The van der Waals surface area contributed by atoms with E-state index in [0.29, 0.717) is 6.54 Å². The molecule has 3 heteroatoms. The number of hydrogen-bond acceptors (Lipinski definition) is 3. The van der Waals surface area contributed by atoms with Gasteiger partial charge < -0.3 is 4.42 Å². The molecule has 0 N–H and O–H groups in total. The largest absolute Gasteiger partial charge is 0.466 e. The SMILES string of the molecule is Cc1cc(CN(C)CC#N)c(C)o1. The molecule has 0 atom stereocenters. The molecule has 3 nitrogen and oxygen atoms in total. The van der Waals surface area contributed by atoms with E-state index in [1.807, 2.05) is 31.9 Å². The number of hydrogen-bond donors (Lipinski definition) is 0. The minimum absolute atomic E-state index is 0.448. The van der Waals surface area contributed by atoms with Crippen molar-refractivity contribution in [2.45, 2.75) is 20.4 Å². The van der Waals surface area contributed by atoms with Crippen LogP contribution in [0.2, 0.25) is 0 Å². The van der Waals surface area contributed by atoms with Gasteiger partial charge in [0.1, 0.15) is 11.5 Å². The maximum Gasteiger partial charge on any atom is 0.105 e. The Hall–Kier alpha value is -1.27. The van der Waals surface area contributed by atoms with Crippen LogP contribution >= 0.6 is 0 Å². The maximum atomic E-state index is 8.47. The van der Waals surface area contributed by atoms with Gasteiger partial charge in [0.15, 0.2) is 0 Å². The molecule has 0 fully saturated rings. The van der Waals surface area contributed by atoms with Crippen molar-refractivity contribution in [2.24, 2.45) is 0 Å². The van der Waals surface area contributed by atoms with Gasteiger partial charge >= 0.3 is 0 Å². The van der Waals surface area contributed by atoms with Crippen molar-refractivity contribution in [3.8, 4) is 6.07 Å². The van der Waals surface area contributed by atoms with Crippen molar-refractivity contribution >= 4 is 0 Å². The monoisotopic (exact) mass is 178 g/mol. The molecule has 0 aromatic carbocycles. The van der Waals surface area contributed by atoms with E-state index in [4.69, 9.17) is 9.68 Å². The summed E-state index contributed by atoms with van der Waals surface area (Å²) in [5.74, 6) is 1.88. The summed E-state index contributed by atoms with van der Waals surface area (Å²) in [5.41, 5.74) is 1.16. The molecule has 0 saturated carbocycles. The van der Waals surface area contributed by atoms with Gasteiger partial charge in [-0.3, -0.25) is 4.90 Å². The van der Waals surface area contributed by atoms with Crippen LogP contribution in [0.25, 0.3) is 0 Å². The number of aryl methyl sites for hydroxylation is 2. The number of furan rings is 1. The standard InChI is InChI=1S/C10H14N2O/c1-8-6-10(9(2)13-8)7-12(3)5-4-11/h6H,5,7H2,1-3H3. The molecular weight excluding hydrogens is 164 g/mol. The van der Waals surface area contributed by atoms with Gasteiger partial charge in [0, 0.05) is 12.1 Å². The first kappa shape index (κ1) is 9.82. The Kier molecular flexibility index (Phi) is 3.10. The lowest BCUT2D eigenvalue weighted by Gasteiger charge is -2.10. The summed E-state index contributed by atoms with van der Waals surface area (Å²) in [6.45, 7) is 5.10. The lowest BCUT2D eigenvalue weighted by Crippen LogP contribution is -2.17. The highest BCUT2D eigenvalue weighted by molar-refractivity contribution is 5.19. The van der Waals surface area contributed by atoms with Crippen LogP contribution in [-0.2, 0) is 6.54 Å². The van der Waals surface area contributed by atoms with Gasteiger partial charge in [-0.05, 0) is 27.0 Å². The van der Waals surface area contributed by atoms with Gasteiger partial charge in [0.05, 0.1) is 12.6 Å². The molecular formula is C10H14N2O. The van der Waals surface area contributed by atoms with Crippen LogP contribution in [0.5, 0.6) is 0 Å². The quantitative estimate of drug-likeness (QED) is 0.663. The molecule has 70 valence electrons. The van der Waals surface area contributed by atoms with E-state index in [1.54, 1.807) is 0 Å². The second-order valence-electron chi connectivity index (χ2n) is 3.27. The second kappa shape index (κ2) is 4.11. The minimum Gasteiger partial charge on any atom is -0.466 e. The lowest BCUT2D eigenvalue weighted by atomic mass is 10.2. The highest BCUT2D eigenvalue weighted by Crippen LogP contribution is 2.14. The highest BCUT2D eigenvalue weighted by Gasteiger charge is 2.06. The first-order valence-electron chi connectivity index (χ1n) is 4.25. The van der Waals surface area contributed by atoms with E-state index in [9.17, 15) is 0 Å². The lowest BCUT2D eigenvalue weighted by molar-refractivity contribution is 0.363. The van der Waals surface area contributed by atoms with E-state index in [0.717, 1.165) is 23.6 Å². The summed E-state index contributed by atoms with van der Waals surface area (Å²) < 4.78 is 5.38. The molecule has 0 unspecified atom stereocenters. The van der Waals surface area contributed by atoms with Crippen LogP contribution in [0.15, 0.2) is 10.5 Å². The summed E-state index contributed by atoms with van der Waals surface area (Å²) in [6, 6.07) is 4.13. The average molecular weight is 178 g/mol. The Balaban J connectivity index is 2.64. The van der Waals surface area contributed by atoms with Gasteiger partial charge in [0.2, 0.25) is 0 Å². The van der Waals surface area contributed by atoms with Crippen LogP contribution < -0.4 is 0 Å². The van der Waals surface area contributed by atoms with E-state index < -0.39 is 0 Å². The van der Waals surface area contributed by atoms with Crippen molar-refractivity contribution in [3.63, 3.8) is 0 Å². The van der Waals surface area contributed by atoms with Crippen LogP contribution in [0.4, 0.5) is 0 Å². The molecule has 1 aromatic heterocycles. The molecule has 0 aliphatic heterocycles. The Morgan fingerprint density at radius 1 is 1.54 bits per heavy atom. The molecule has 0 aliphatic rings. The van der Waals surface area contributed by atoms with Crippen molar-refractivity contribution in [1.82, 2.24) is 4.90 Å². The molecule has 13 heavy (non-hydrogen) atoms. The van der Waals surface area contributed by atoms with Gasteiger partial charge in [0.25, 0.3) is 0 Å². The van der Waals surface area contributed by atoms with E-state index in [2.05, 4.69) is 6.07 Å². The summed E-state index contributed by atoms with van der Waals surface area (Å²) >= 11 is 0. The summed E-state index contributed by atoms with van der Waals surface area (Å²) in [5, 5.41) is 8.47. The fraction of sp³-hybridized carbons (Fsp3) is 0.500. The van der Waals surface area contributed by atoms with Crippen molar-refractivity contribution in [3.05, 3.63) is 23.2 Å². The third-order valence-corrected chi connectivity index (χ3v) is 1.92. The molecule has 0 aliphatic carbocycles. The number of nitrogens with zero attached hydrogens (tertiary/aromatic N) is 2. The van der Waals surface area contributed by atoms with E-state index in [-0.39, 0.29) is 0 Å². The van der Waals surface area contributed by atoms with Crippen LogP contribution in [0.1, 0.15) is 17.1 Å². The van der Waals surface area contributed by atoms with Crippen molar-refractivity contribution < 1.29 is 4.42 Å². The zero-order chi connectivity index (χ0) is 9.84. The molecule has 1 heterocycles. The topological polar surface area (TPSA) is 40.2 Å². The predicted molar refractivity (Wildman–Crippen MR) is 50.1 cm³/mol. The van der Waals surface area contributed by atoms with Gasteiger partial charge in [-0.25, -0.2) is 0 Å². The highest BCUT2D eigenvalue weighted by atomic mass is 16.3. The fourth-order valence-corrected chi connectivity index (χ4v) is 1.31. The third kappa shape index (κ3) is 2.60. The molecule has 0 amide bonds. The summed E-state index contributed by atoms with van der Waals surface area (Å²) in [4.78, 5) is 1.96. The molecule has 0 spiro atoms. The molecule has 0 radical (unpaired) electrons. The Labute approximate surface area is 78.6 Å². The smallest absolute Gasteiger partial charge is 0.105 e. The molecule has 1 rings (SSSR count). The zero-order valence-electron chi connectivity index (χ0n) is 8.29. The van der Waals surface area contributed by atoms with E-state index >= 15 is 0 Å². The molecule has 0 saturated heterocycles. The van der Waals surface area contributed by atoms with Gasteiger partial charge in [-0.1, -0.05) is 0 Å². The van der Waals surface area contributed by atoms with Crippen molar-refractivity contribution in [2.75, 3.05) is 13.6 Å². The van der Waals surface area contributed by atoms with Crippen LogP contribution in [0, 0.1) is 25.2 Å². The third-order valence-electron chi connectivity index (χ3n) is 1.92. The maximum absolute atomic E-state index is 8.47. The molecule has 1 aromatic rings. The summed E-state index contributed by atoms with van der Waals surface area (Å²) in [6.07, 6.45) is 0. The number of nitriles is 1. The second-order valence-corrected chi connectivity index (χ2v) is 3.27. The first-order chi connectivity index (χ1) is 6.13. The Morgan fingerprint density at radius 3 is 2.69 bits per heavy atom. The fourth-order valence-electron chi connectivity index (χ4n) is 1.31. The van der Waals surface area contributed by atoms with Crippen molar-refractivity contribution in [1.29, 1.82) is 5.26 Å². The Morgan fingerprint density at radius 2 is 2.23 bits per heavy atom. The van der Waals surface area contributed by atoms with Crippen LogP contribution in [-0.4, -0.2) is 18.5 Å².